The summed E-state index contributed by atoms with van der Waals surface area (Å²) in [5, 5.41) is 0. The van der Waals surface area contributed by atoms with Gasteiger partial charge in [0.1, 0.15) is 12.6 Å². The van der Waals surface area contributed by atoms with Crippen molar-refractivity contribution in [3.8, 4) is 0 Å². The van der Waals surface area contributed by atoms with Gasteiger partial charge in [-0.2, -0.15) is 0 Å². The van der Waals surface area contributed by atoms with Crippen LogP contribution in [0.4, 0.5) is 17.1 Å². The van der Waals surface area contributed by atoms with Gasteiger partial charge < -0.3 is 9.64 Å². The molecule has 0 atom stereocenters. The maximum absolute atomic E-state index is 11.7. The summed E-state index contributed by atoms with van der Waals surface area (Å²) in [6.45, 7) is 0. The van der Waals surface area contributed by atoms with E-state index in [1.165, 1.54) is 7.11 Å². The Morgan fingerprint density at radius 1 is 0.704 bits per heavy atom. The normalized spacial score (nSPS) is 10.1. The predicted molar refractivity (Wildman–Crippen MR) is 103 cm³/mol. The minimum atomic E-state index is -0.404. The van der Waals surface area contributed by atoms with E-state index >= 15 is 0 Å². The Balaban J connectivity index is 2.06. The molecular formula is C22H17NO4. The first-order chi connectivity index (χ1) is 13.2. The molecule has 27 heavy (non-hydrogen) atoms. The highest BCUT2D eigenvalue weighted by molar-refractivity contribution is 5.90. The molecule has 0 heterocycles. The molecule has 0 aliphatic carbocycles. The number of anilines is 3. The van der Waals surface area contributed by atoms with Gasteiger partial charge in [-0.05, 0) is 72.8 Å². The minimum absolute atomic E-state index is 0.404. The molecule has 0 saturated heterocycles. The lowest BCUT2D eigenvalue weighted by Gasteiger charge is -2.25. The van der Waals surface area contributed by atoms with Gasteiger partial charge in [0.15, 0.2) is 0 Å². The third-order valence-electron chi connectivity index (χ3n) is 4.12. The van der Waals surface area contributed by atoms with Crippen molar-refractivity contribution in [3.05, 3.63) is 89.5 Å². The van der Waals surface area contributed by atoms with Gasteiger partial charge in [-0.25, -0.2) is 4.79 Å². The molecule has 0 radical (unpaired) electrons. The molecule has 0 aliphatic heterocycles. The second-order valence-corrected chi connectivity index (χ2v) is 5.79. The van der Waals surface area contributed by atoms with E-state index in [2.05, 4.69) is 0 Å². The number of hydrogen-bond acceptors (Lipinski definition) is 5. The number of methoxy groups -OCH3 is 1. The van der Waals surface area contributed by atoms with Crippen LogP contribution in [0.25, 0.3) is 0 Å². The highest BCUT2D eigenvalue weighted by atomic mass is 16.5. The van der Waals surface area contributed by atoms with Crippen molar-refractivity contribution in [2.24, 2.45) is 0 Å². The number of carbonyl (C=O) groups excluding carboxylic acids is 3. The third-order valence-corrected chi connectivity index (χ3v) is 4.12. The Labute approximate surface area is 156 Å². The van der Waals surface area contributed by atoms with E-state index in [1.54, 1.807) is 36.4 Å². The average molecular weight is 359 g/mol. The van der Waals surface area contributed by atoms with Gasteiger partial charge in [0.25, 0.3) is 0 Å². The van der Waals surface area contributed by atoms with Crippen molar-refractivity contribution >= 4 is 35.6 Å². The predicted octanol–water partition coefficient (Wildman–Crippen LogP) is 4.57. The number of rotatable bonds is 6. The minimum Gasteiger partial charge on any atom is -0.465 e. The fourth-order valence-electron chi connectivity index (χ4n) is 2.72. The lowest BCUT2D eigenvalue weighted by atomic mass is 10.1. The van der Waals surface area contributed by atoms with Crippen molar-refractivity contribution in [2.45, 2.75) is 0 Å². The zero-order valence-corrected chi connectivity index (χ0v) is 14.7. The highest BCUT2D eigenvalue weighted by Crippen LogP contribution is 2.34. The zero-order valence-electron chi connectivity index (χ0n) is 14.7. The van der Waals surface area contributed by atoms with Crippen LogP contribution < -0.4 is 4.90 Å². The Hall–Kier alpha value is -3.73. The number of aldehydes is 2. The molecule has 0 bridgehead atoms. The van der Waals surface area contributed by atoms with Crippen molar-refractivity contribution in [2.75, 3.05) is 12.0 Å². The molecule has 3 aromatic rings. The topological polar surface area (TPSA) is 63.7 Å². The summed E-state index contributed by atoms with van der Waals surface area (Å²) >= 11 is 0. The van der Waals surface area contributed by atoms with Crippen LogP contribution in [0.15, 0.2) is 72.8 Å². The standard InChI is InChI=1S/C22H17NO4/c1-27-22(26)18-6-12-21(13-7-18)23(19-8-2-16(14-24)3-9-19)20-10-4-17(15-25)5-11-20/h2-15H,1H3. The summed E-state index contributed by atoms with van der Waals surface area (Å²) in [5.41, 5.74) is 4.11. The number of esters is 1. The molecule has 0 fully saturated rings. The Kier molecular flexibility index (Phi) is 5.42. The molecule has 5 nitrogen and oxygen atoms in total. The smallest absolute Gasteiger partial charge is 0.337 e. The van der Waals surface area contributed by atoms with Crippen LogP contribution in [0.5, 0.6) is 0 Å². The van der Waals surface area contributed by atoms with E-state index in [4.69, 9.17) is 4.74 Å². The maximum Gasteiger partial charge on any atom is 0.337 e. The Bertz CT molecular complexity index is 894. The highest BCUT2D eigenvalue weighted by Gasteiger charge is 2.14. The van der Waals surface area contributed by atoms with Crippen LogP contribution in [0, 0.1) is 0 Å². The average Bonchev–Trinajstić information content (AvgIpc) is 2.75. The van der Waals surface area contributed by atoms with E-state index in [-0.39, 0.29) is 0 Å². The summed E-state index contributed by atoms with van der Waals surface area (Å²) < 4.78 is 4.74. The lowest BCUT2D eigenvalue weighted by molar-refractivity contribution is 0.0600. The second kappa shape index (κ2) is 8.10. The molecule has 0 N–H and O–H groups in total. The molecule has 3 rings (SSSR count). The Morgan fingerprint density at radius 3 is 1.41 bits per heavy atom. The summed E-state index contributed by atoms with van der Waals surface area (Å²) in [5.74, 6) is -0.404. The molecule has 134 valence electrons. The van der Waals surface area contributed by atoms with E-state index in [1.807, 2.05) is 41.3 Å². The fraction of sp³-hybridized carbons (Fsp3) is 0.0455. The van der Waals surface area contributed by atoms with Crippen LogP contribution in [-0.2, 0) is 4.74 Å². The SMILES string of the molecule is COC(=O)c1ccc(N(c2ccc(C=O)cc2)c2ccc(C=O)cc2)cc1. The van der Waals surface area contributed by atoms with Crippen LogP contribution in [-0.4, -0.2) is 25.7 Å². The largest absolute Gasteiger partial charge is 0.465 e. The van der Waals surface area contributed by atoms with Crippen molar-refractivity contribution < 1.29 is 19.1 Å². The van der Waals surface area contributed by atoms with Gasteiger partial charge in [0, 0.05) is 28.2 Å². The zero-order chi connectivity index (χ0) is 19.2. The molecule has 5 heteroatoms. The molecule has 3 aromatic carbocycles. The van der Waals surface area contributed by atoms with Crippen LogP contribution in [0.2, 0.25) is 0 Å². The number of hydrogen-bond donors (Lipinski definition) is 0. The van der Waals surface area contributed by atoms with E-state index in [0.717, 1.165) is 29.6 Å². The molecule has 0 spiro atoms. The van der Waals surface area contributed by atoms with Gasteiger partial charge in [0.2, 0.25) is 0 Å². The van der Waals surface area contributed by atoms with Gasteiger partial charge in [-0.3, -0.25) is 9.59 Å². The number of ether oxygens (including phenoxy) is 1. The van der Waals surface area contributed by atoms with Gasteiger partial charge in [-0.15, -0.1) is 0 Å². The summed E-state index contributed by atoms with van der Waals surface area (Å²) in [7, 11) is 1.34. The first kappa shape index (κ1) is 18.1. The van der Waals surface area contributed by atoms with Gasteiger partial charge >= 0.3 is 5.97 Å². The Morgan fingerprint density at radius 2 is 1.07 bits per heavy atom. The van der Waals surface area contributed by atoms with E-state index in [0.29, 0.717) is 16.7 Å². The van der Waals surface area contributed by atoms with E-state index < -0.39 is 5.97 Å². The maximum atomic E-state index is 11.7. The van der Waals surface area contributed by atoms with Crippen molar-refractivity contribution in [1.29, 1.82) is 0 Å². The van der Waals surface area contributed by atoms with Crippen LogP contribution in [0.1, 0.15) is 31.1 Å². The number of benzene rings is 3. The molecule has 0 amide bonds. The molecule has 0 unspecified atom stereocenters. The third kappa shape index (κ3) is 3.93. The van der Waals surface area contributed by atoms with Crippen LogP contribution in [0.3, 0.4) is 0 Å². The summed E-state index contributed by atoms with van der Waals surface area (Å²) in [6, 6.07) is 21.3. The number of nitrogens with zero attached hydrogens (tertiary/aromatic N) is 1. The fourth-order valence-corrected chi connectivity index (χ4v) is 2.72. The van der Waals surface area contributed by atoms with Gasteiger partial charge in [0.05, 0.1) is 12.7 Å². The first-order valence-electron chi connectivity index (χ1n) is 8.25. The molecular weight excluding hydrogens is 342 g/mol. The molecule has 0 aliphatic rings. The van der Waals surface area contributed by atoms with Gasteiger partial charge in [-0.1, -0.05) is 0 Å². The van der Waals surface area contributed by atoms with Crippen molar-refractivity contribution in [1.82, 2.24) is 0 Å². The van der Waals surface area contributed by atoms with E-state index in [9.17, 15) is 14.4 Å². The monoisotopic (exact) mass is 359 g/mol. The molecule has 0 saturated carbocycles. The van der Waals surface area contributed by atoms with Crippen molar-refractivity contribution in [3.63, 3.8) is 0 Å². The second-order valence-electron chi connectivity index (χ2n) is 5.79. The van der Waals surface area contributed by atoms with Crippen LogP contribution >= 0.6 is 0 Å². The number of carbonyl (C=O) groups is 3. The lowest BCUT2D eigenvalue weighted by Crippen LogP contribution is -2.10. The summed E-state index contributed by atoms with van der Waals surface area (Å²) in [4.78, 5) is 35.5. The molecule has 0 aromatic heterocycles. The summed E-state index contributed by atoms with van der Waals surface area (Å²) in [6.07, 6.45) is 1.58. The first-order valence-corrected chi connectivity index (χ1v) is 8.25. The quantitative estimate of drug-likeness (QED) is 0.477.